The highest BCUT2D eigenvalue weighted by molar-refractivity contribution is 6.31. The zero-order chi connectivity index (χ0) is 28.4. The van der Waals surface area contributed by atoms with Crippen LogP contribution in [0.4, 0.5) is 5.82 Å². The number of methoxy groups -OCH3 is 1. The Labute approximate surface area is 239 Å². The lowest BCUT2D eigenvalue weighted by Gasteiger charge is -2.38. The van der Waals surface area contributed by atoms with Crippen LogP contribution in [0.25, 0.3) is 0 Å². The minimum atomic E-state index is -1.28. The van der Waals surface area contributed by atoms with E-state index in [0.717, 1.165) is 16.7 Å². The molecular formula is C32H32ClN3O4. The Morgan fingerprint density at radius 2 is 1.88 bits per heavy atom. The number of rotatable bonds is 7. The summed E-state index contributed by atoms with van der Waals surface area (Å²) in [4.78, 5) is 24.3. The lowest BCUT2D eigenvalue weighted by molar-refractivity contribution is -0.118. The Bertz CT molecular complexity index is 1490. The number of hydrogen-bond acceptors (Lipinski definition) is 6. The lowest BCUT2D eigenvalue weighted by Crippen LogP contribution is -2.42. The van der Waals surface area contributed by atoms with E-state index in [1.54, 1.807) is 55.7 Å². The van der Waals surface area contributed by atoms with Crippen LogP contribution in [-0.4, -0.2) is 34.2 Å². The van der Waals surface area contributed by atoms with Crippen molar-refractivity contribution in [3.63, 3.8) is 0 Å². The highest BCUT2D eigenvalue weighted by Crippen LogP contribution is 2.44. The normalized spacial score (nSPS) is 18.4. The average Bonchev–Trinajstić information content (AvgIpc) is 3.16. The van der Waals surface area contributed by atoms with Crippen molar-refractivity contribution in [1.29, 1.82) is 0 Å². The molecule has 3 aromatic rings. The minimum Gasteiger partial charge on any atom is -0.493 e. The molecular weight excluding hydrogens is 526 g/mol. The largest absolute Gasteiger partial charge is 0.493 e. The van der Waals surface area contributed by atoms with Gasteiger partial charge in [-0.05, 0) is 91.9 Å². The van der Waals surface area contributed by atoms with Gasteiger partial charge in [0.2, 0.25) is 5.91 Å². The van der Waals surface area contributed by atoms with Crippen molar-refractivity contribution in [2.75, 3.05) is 12.0 Å². The Balaban J connectivity index is 1.62. The molecule has 1 aliphatic heterocycles. The Morgan fingerprint density at radius 3 is 2.55 bits per heavy atom. The molecule has 1 N–H and O–H groups in total. The number of aromatic nitrogens is 2. The van der Waals surface area contributed by atoms with Gasteiger partial charge in [-0.3, -0.25) is 14.7 Å². The number of pyridine rings is 2. The van der Waals surface area contributed by atoms with Gasteiger partial charge in [0.25, 0.3) is 0 Å². The average molecular weight is 558 g/mol. The van der Waals surface area contributed by atoms with E-state index in [4.69, 9.17) is 26.1 Å². The first-order valence-electron chi connectivity index (χ1n) is 13.2. The fraction of sp³-hybridized carbons (Fsp3) is 0.281. The van der Waals surface area contributed by atoms with Crippen LogP contribution >= 0.6 is 11.6 Å². The second kappa shape index (κ2) is 11.3. The fourth-order valence-electron chi connectivity index (χ4n) is 5.17. The number of aliphatic hydroxyl groups is 1. The standard InChI is InChI=1S/C32H32ClN3O4/c1-20(2)40-28-18-26-22(16-27(28)39-4)17-30(37)36(31(26)21-6-5-7-25(33)10-8-21)29-11-9-24(19-35-29)32(3,38)23-12-14-34-15-13-23/h5,7-16,18-20,31,38H,6,17H2,1-4H3/t31-,32?/m0/s1. The molecule has 0 saturated heterocycles. The number of nitrogens with zero attached hydrogens (tertiary/aromatic N) is 3. The molecule has 40 heavy (non-hydrogen) atoms. The zero-order valence-electron chi connectivity index (χ0n) is 23.0. The van der Waals surface area contributed by atoms with Crippen LogP contribution < -0.4 is 14.4 Å². The SMILES string of the molecule is COc1cc2c(cc1OC(C)C)[C@H](C1=CC=C(Cl)C=CC1)N(c1ccc(C(C)(O)c3ccncc3)cn1)C(=O)C2. The third-order valence-electron chi connectivity index (χ3n) is 7.19. The number of carbonyl (C=O) groups is 1. The summed E-state index contributed by atoms with van der Waals surface area (Å²) in [6.07, 6.45) is 13.3. The van der Waals surface area contributed by atoms with Gasteiger partial charge in [-0.2, -0.15) is 0 Å². The third kappa shape index (κ3) is 5.40. The summed E-state index contributed by atoms with van der Waals surface area (Å²) < 4.78 is 11.7. The highest BCUT2D eigenvalue weighted by Gasteiger charge is 2.38. The van der Waals surface area contributed by atoms with E-state index in [2.05, 4.69) is 4.98 Å². The van der Waals surface area contributed by atoms with Crippen molar-refractivity contribution in [3.05, 3.63) is 112 Å². The van der Waals surface area contributed by atoms with Crippen LogP contribution in [0.3, 0.4) is 0 Å². The number of hydrogen-bond donors (Lipinski definition) is 1. The summed E-state index contributed by atoms with van der Waals surface area (Å²) in [5.74, 6) is 1.60. The molecule has 0 bridgehead atoms. The molecule has 1 aromatic carbocycles. The maximum absolute atomic E-state index is 13.8. The molecule has 0 spiro atoms. The predicted molar refractivity (Wildman–Crippen MR) is 156 cm³/mol. The van der Waals surface area contributed by atoms with E-state index < -0.39 is 11.6 Å². The Morgan fingerprint density at radius 1 is 1.10 bits per heavy atom. The number of benzene rings is 1. The monoisotopic (exact) mass is 557 g/mol. The van der Waals surface area contributed by atoms with Crippen LogP contribution in [0.1, 0.15) is 55.5 Å². The van der Waals surface area contributed by atoms with Crippen molar-refractivity contribution >= 4 is 23.3 Å². The van der Waals surface area contributed by atoms with Crippen molar-refractivity contribution in [3.8, 4) is 11.5 Å². The topological polar surface area (TPSA) is 84.8 Å². The second-order valence-corrected chi connectivity index (χ2v) is 10.8. The molecule has 2 aromatic heterocycles. The van der Waals surface area contributed by atoms with E-state index in [9.17, 15) is 9.90 Å². The minimum absolute atomic E-state index is 0.0594. The van der Waals surface area contributed by atoms with Crippen molar-refractivity contribution in [1.82, 2.24) is 9.97 Å². The molecule has 1 unspecified atom stereocenters. The summed E-state index contributed by atoms with van der Waals surface area (Å²) in [5, 5.41) is 11.9. The molecule has 0 saturated carbocycles. The molecule has 8 heteroatoms. The van der Waals surface area contributed by atoms with Gasteiger partial charge in [0.1, 0.15) is 11.4 Å². The Hall–Kier alpha value is -3.94. The molecule has 2 atom stereocenters. The lowest BCUT2D eigenvalue weighted by atomic mass is 9.85. The van der Waals surface area contributed by atoms with E-state index in [-0.39, 0.29) is 18.4 Å². The molecule has 2 aliphatic rings. The number of anilines is 1. The third-order valence-corrected chi connectivity index (χ3v) is 7.44. The molecule has 1 amide bonds. The first-order valence-corrected chi connectivity index (χ1v) is 13.6. The first-order chi connectivity index (χ1) is 19.2. The van der Waals surface area contributed by atoms with Crippen molar-refractivity contribution in [2.45, 2.75) is 51.4 Å². The summed E-state index contributed by atoms with van der Waals surface area (Å²) in [5.41, 5.74) is 2.83. The first kappa shape index (κ1) is 27.6. The smallest absolute Gasteiger partial charge is 0.233 e. The summed E-state index contributed by atoms with van der Waals surface area (Å²) in [6.45, 7) is 5.64. The number of carbonyl (C=O) groups excluding carboxylic acids is 1. The van der Waals surface area contributed by atoms with Crippen LogP contribution in [-0.2, 0) is 16.8 Å². The van der Waals surface area contributed by atoms with Crippen molar-refractivity contribution in [2.24, 2.45) is 0 Å². The van der Waals surface area contributed by atoms with Gasteiger partial charge in [0.15, 0.2) is 11.5 Å². The van der Waals surface area contributed by atoms with E-state index >= 15 is 0 Å². The zero-order valence-corrected chi connectivity index (χ0v) is 23.7. The Kier molecular flexibility index (Phi) is 7.79. The molecule has 0 fully saturated rings. The van der Waals surface area contributed by atoms with Gasteiger partial charge < -0.3 is 14.6 Å². The van der Waals surface area contributed by atoms with Gasteiger partial charge in [-0.15, -0.1) is 0 Å². The molecule has 3 heterocycles. The summed E-state index contributed by atoms with van der Waals surface area (Å²) in [6, 6.07) is 10.6. The van der Waals surface area contributed by atoms with Gasteiger partial charge >= 0.3 is 0 Å². The maximum Gasteiger partial charge on any atom is 0.233 e. The molecule has 0 radical (unpaired) electrons. The van der Waals surface area contributed by atoms with E-state index in [0.29, 0.717) is 39.9 Å². The van der Waals surface area contributed by atoms with Gasteiger partial charge in [0.05, 0.1) is 25.7 Å². The summed E-state index contributed by atoms with van der Waals surface area (Å²) in [7, 11) is 1.60. The van der Waals surface area contributed by atoms with Crippen molar-refractivity contribution < 1.29 is 19.4 Å². The number of halogens is 1. The molecule has 206 valence electrons. The predicted octanol–water partition coefficient (Wildman–Crippen LogP) is 6.17. The quantitative estimate of drug-likeness (QED) is 0.374. The van der Waals surface area contributed by atoms with Gasteiger partial charge in [-0.25, -0.2) is 4.98 Å². The molecule has 7 nitrogen and oxygen atoms in total. The molecule has 1 aliphatic carbocycles. The number of fused-ring (bicyclic) bond motifs is 1. The molecule has 5 rings (SSSR count). The van der Waals surface area contributed by atoms with Gasteiger partial charge in [0, 0.05) is 29.2 Å². The second-order valence-electron chi connectivity index (χ2n) is 10.3. The van der Waals surface area contributed by atoms with Gasteiger partial charge in [-0.1, -0.05) is 29.8 Å². The summed E-state index contributed by atoms with van der Waals surface area (Å²) >= 11 is 6.31. The van der Waals surface area contributed by atoms with Crippen LogP contribution in [0, 0.1) is 0 Å². The number of ether oxygens (including phenoxy) is 2. The van der Waals surface area contributed by atoms with E-state index in [1.807, 2.05) is 56.4 Å². The number of allylic oxidation sites excluding steroid dienone is 5. The number of amides is 1. The maximum atomic E-state index is 13.8. The fourth-order valence-corrected chi connectivity index (χ4v) is 5.32. The van der Waals surface area contributed by atoms with Crippen LogP contribution in [0.2, 0.25) is 0 Å². The van der Waals surface area contributed by atoms with E-state index in [1.165, 1.54) is 0 Å². The van der Waals surface area contributed by atoms with Crippen LogP contribution in [0.15, 0.2) is 89.9 Å². The highest BCUT2D eigenvalue weighted by atomic mass is 35.5. The van der Waals surface area contributed by atoms with Crippen LogP contribution in [0.5, 0.6) is 11.5 Å².